The highest BCUT2D eigenvalue weighted by Crippen LogP contribution is 2.15. The zero-order chi connectivity index (χ0) is 8.10. The van der Waals surface area contributed by atoms with E-state index in [9.17, 15) is 0 Å². The summed E-state index contributed by atoms with van der Waals surface area (Å²) in [5.41, 5.74) is 0.971. The second-order valence-corrected chi connectivity index (χ2v) is 2.39. The highest BCUT2D eigenvalue weighted by molar-refractivity contribution is 7.98. The van der Waals surface area contributed by atoms with E-state index in [0.717, 1.165) is 23.6 Å². The Hall–Kier alpha value is -0.870. The lowest BCUT2D eigenvalue weighted by atomic mass is 10.3. The quantitative estimate of drug-likeness (QED) is 0.677. The fourth-order valence-corrected chi connectivity index (χ4v) is 0.999. The van der Waals surface area contributed by atoms with Gasteiger partial charge in [0.1, 0.15) is 5.75 Å². The van der Waals surface area contributed by atoms with E-state index in [0.29, 0.717) is 0 Å². The SMILES string of the molecule is COc1ccc(NSN)cc1. The van der Waals surface area contributed by atoms with Crippen LogP contribution in [-0.2, 0) is 0 Å². The summed E-state index contributed by atoms with van der Waals surface area (Å²) in [5, 5.41) is 5.21. The maximum absolute atomic E-state index is 5.21. The van der Waals surface area contributed by atoms with Gasteiger partial charge in [0.2, 0.25) is 0 Å². The molecular formula is C7H10N2OS. The van der Waals surface area contributed by atoms with Gasteiger partial charge in [-0.2, -0.15) is 0 Å². The van der Waals surface area contributed by atoms with E-state index in [2.05, 4.69) is 4.72 Å². The molecule has 0 aliphatic carbocycles. The molecule has 1 rings (SSSR count). The maximum atomic E-state index is 5.21. The number of nitrogens with two attached hydrogens (primary N) is 1. The minimum atomic E-state index is 0.845. The lowest BCUT2D eigenvalue weighted by Crippen LogP contribution is -1.91. The van der Waals surface area contributed by atoms with E-state index in [-0.39, 0.29) is 0 Å². The molecule has 1 aromatic rings. The molecule has 0 atom stereocenters. The average Bonchev–Trinajstić information content (AvgIpc) is 2.07. The Morgan fingerprint density at radius 1 is 1.36 bits per heavy atom. The van der Waals surface area contributed by atoms with Crippen LogP contribution in [0.15, 0.2) is 24.3 Å². The first-order valence-electron chi connectivity index (χ1n) is 3.12. The van der Waals surface area contributed by atoms with Gasteiger partial charge in [-0.1, -0.05) is 0 Å². The summed E-state index contributed by atoms with van der Waals surface area (Å²) in [4.78, 5) is 0. The normalized spacial score (nSPS) is 9.27. The molecule has 3 nitrogen and oxygen atoms in total. The van der Waals surface area contributed by atoms with Gasteiger partial charge in [-0.05, 0) is 24.3 Å². The van der Waals surface area contributed by atoms with Crippen LogP contribution in [0.25, 0.3) is 0 Å². The third-order valence-electron chi connectivity index (χ3n) is 1.27. The number of nitrogens with one attached hydrogen (secondary N) is 1. The fraction of sp³-hybridized carbons (Fsp3) is 0.143. The number of hydrogen-bond donors (Lipinski definition) is 2. The van der Waals surface area contributed by atoms with Crippen molar-refractivity contribution in [3.05, 3.63) is 24.3 Å². The fourth-order valence-electron chi connectivity index (χ4n) is 0.727. The van der Waals surface area contributed by atoms with Crippen molar-refractivity contribution in [2.45, 2.75) is 0 Å². The van der Waals surface area contributed by atoms with Crippen LogP contribution in [-0.4, -0.2) is 7.11 Å². The Bertz CT molecular complexity index is 212. The first kappa shape index (κ1) is 8.23. The maximum Gasteiger partial charge on any atom is 0.119 e. The van der Waals surface area contributed by atoms with E-state index in [1.807, 2.05) is 24.3 Å². The lowest BCUT2D eigenvalue weighted by molar-refractivity contribution is 0.415. The van der Waals surface area contributed by atoms with Crippen LogP contribution in [0.5, 0.6) is 5.75 Å². The molecule has 0 aliphatic rings. The second kappa shape index (κ2) is 4.10. The Kier molecular flexibility index (Phi) is 3.07. The van der Waals surface area contributed by atoms with Crippen molar-refractivity contribution in [2.75, 3.05) is 11.8 Å². The monoisotopic (exact) mass is 170 g/mol. The molecule has 0 aliphatic heterocycles. The number of hydrogen-bond acceptors (Lipinski definition) is 4. The Morgan fingerprint density at radius 3 is 2.45 bits per heavy atom. The summed E-state index contributed by atoms with van der Waals surface area (Å²) in [6.45, 7) is 0. The van der Waals surface area contributed by atoms with Crippen LogP contribution in [0, 0.1) is 0 Å². The second-order valence-electron chi connectivity index (χ2n) is 1.95. The Morgan fingerprint density at radius 2 is 2.00 bits per heavy atom. The van der Waals surface area contributed by atoms with Crippen LogP contribution in [0.3, 0.4) is 0 Å². The largest absolute Gasteiger partial charge is 0.497 e. The minimum absolute atomic E-state index is 0.845. The Balaban J connectivity index is 2.66. The minimum Gasteiger partial charge on any atom is -0.497 e. The lowest BCUT2D eigenvalue weighted by Gasteiger charge is -2.02. The predicted octanol–water partition coefficient (Wildman–Crippen LogP) is 1.63. The number of anilines is 1. The summed E-state index contributed by atoms with van der Waals surface area (Å²) in [7, 11) is 1.64. The van der Waals surface area contributed by atoms with Crippen LogP contribution < -0.4 is 14.6 Å². The van der Waals surface area contributed by atoms with Gasteiger partial charge in [-0.25, -0.2) is 0 Å². The van der Waals surface area contributed by atoms with Gasteiger partial charge < -0.3 is 9.46 Å². The molecule has 4 heteroatoms. The summed E-state index contributed by atoms with van der Waals surface area (Å²) < 4.78 is 7.88. The van der Waals surface area contributed by atoms with E-state index in [1.54, 1.807) is 7.11 Å². The van der Waals surface area contributed by atoms with Crippen molar-refractivity contribution in [3.8, 4) is 5.75 Å². The van der Waals surface area contributed by atoms with Gasteiger partial charge in [0.05, 0.1) is 7.11 Å². The molecular weight excluding hydrogens is 160 g/mol. The molecule has 60 valence electrons. The third-order valence-corrected chi connectivity index (χ3v) is 1.62. The number of methoxy groups -OCH3 is 1. The molecule has 0 heterocycles. The van der Waals surface area contributed by atoms with Crippen LogP contribution in [0.1, 0.15) is 0 Å². The molecule has 0 bridgehead atoms. The summed E-state index contributed by atoms with van der Waals surface area (Å²) in [6, 6.07) is 7.55. The highest BCUT2D eigenvalue weighted by atomic mass is 32.2. The molecule has 11 heavy (non-hydrogen) atoms. The Labute approximate surface area is 70.2 Å². The summed E-state index contributed by atoms with van der Waals surface area (Å²) in [5.74, 6) is 0.845. The van der Waals surface area contributed by atoms with E-state index >= 15 is 0 Å². The average molecular weight is 170 g/mol. The smallest absolute Gasteiger partial charge is 0.119 e. The van der Waals surface area contributed by atoms with Crippen molar-refractivity contribution >= 4 is 17.8 Å². The first-order chi connectivity index (χ1) is 5.36. The van der Waals surface area contributed by atoms with E-state index in [1.165, 1.54) is 0 Å². The molecule has 0 spiro atoms. The molecule has 3 N–H and O–H groups in total. The van der Waals surface area contributed by atoms with Crippen molar-refractivity contribution in [1.29, 1.82) is 0 Å². The summed E-state index contributed by atoms with van der Waals surface area (Å²) >= 11 is 1.08. The molecule has 0 saturated carbocycles. The molecule has 0 fully saturated rings. The standard InChI is InChI=1S/C7H10N2OS/c1-10-7-4-2-6(3-5-7)9-11-8/h2-5,9H,8H2,1H3. The van der Waals surface area contributed by atoms with Crippen molar-refractivity contribution in [3.63, 3.8) is 0 Å². The molecule has 0 aromatic heterocycles. The van der Waals surface area contributed by atoms with Gasteiger partial charge in [-0.3, -0.25) is 5.14 Å². The number of ether oxygens (including phenoxy) is 1. The van der Waals surface area contributed by atoms with Crippen LogP contribution in [0.2, 0.25) is 0 Å². The van der Waals surface area contributed by atoms with Gasteiger partial charge in [0.15, 0.2) is 0 Å². The van der Waals surface area contributed by atoms with Crippen molar-refractivity contribution in [2.24, 2.45) is 5.14 Å². The van der Waals surface area contributed by atoms with Gasteiger partial charge in [-0.15, -0.1) is 0 Å². The molecule has 0 unspecified atom stereocenters. The zero-order valence-electron chi connectivity index (χ0n) is 6.20. The topological polar surface area (TPSA) is 47.3 Å². The van der Waals surface area contributed by atoms with Crippen LogP contribution >= 0.6 is 12.1 Å². The van der Waals surface area contributed by atoms with Gasteiger partial charge in [0.25, 0.3) is 0 Å². The zero-order valence-corrected chi connectivity index (χ0v) is 7.02. The third kappa shape index (κ3) is 2.32. The first-order valence-corrected chi connectivity index (χ1v) is 4.00. The molecule has 0 radical (unpaired) electrons. The van der Waals surface area contributed by atoms with Gasteiger partial charge in [0, 0.05) is 17.8 Å². The van der Waals surface area contributed by atoms with Gasteiger partial charge >= 0.3 is 0 Å². The van der Waals surface area contributed by atoms with Crippen molar-refractivity contribution in [1.82, 2.24) is 0 Å². The van der Waals surface area contributed by atoms with E-state index < -0.39 is 0 Å². The molecule has 1 aromatic carbocycles. The summed E-state index contributed by atoms with van der Waals surface area (Å²) in [6.07, 6.45) is 0. The van der Waals surface area contributed by atoms with Crippen LogP contribution in [0.4, 0.5) is 5.69 Å². The molecule has 0 amide bonds. The van der Waals surface area contributed by atoms with E-state index in [4.69, 9.17) is 9.88 Å². The highest BCUT2D eigenvalue weighted by Gasteiger charge is 1.90. The predicted molar refractivity (Wildman–Crippen MR) is 48.4 cm³/mol. The van der Waals surface area contributed by atoms with Crippen molar-refractivity contribution < 1.29 is 4.74 Å². The number of benzene rings is 1. The number of rotatable bonds is 3. The molecule has 0 saturated heterocycles.